The van der Waals surface area contributed by atoms with E-state index >= 15 is 0 Å². The van der Waals surface area contributed by atoms with E-state index in [0.717, 1.165) is 18.9 Å². The molecule has 1 saturated carbocycles. The second-order valence-corrected chi connectivity index (χ2v) is 7.47. The summed E-state index contributed by atoms with van der Waals surface area (Å²) < 4.78 is 24.1. The highest BCUT2D eigenvalue weighted by Crippen LogP contribution is 2.37. The van der Waals surface area contributed by atoms with Crippen molar-refractivity contribution in [1.29, 1.82) is 0 Å². The lowest BCUT2D eigenvalue weighted by atomic mass is 10.0. The first kappa shape index (κ1) is 16.5. The Bertz CT molecular complexity index is 875. The van der Waals surface area contributed by atoms with E-state index in [9.17, 15) is 18.3 Å². The minimum Gasteiger partial charge on any atom is -0.478 e. The molecule has 3 rings (SSSR count). The van der Waals surface area contributed by atoms with E-state index in [-0.39, 0.29) is 10.5 Å². The van der Waals surface area contributed by atoms with Crippen LogP contribution in [0, 0.1) is 5.92 Å². The maximum absolute atomic E-state index is 12.1. The van der Waals surface area contributed by atoms with E-state index in [2.05, 4.69) is 5.32 Å². The molecule has 6 nitrogen and oxygen atoms in total. The average Bonchev–Trinajstić information content (AvgIpc) is 3.36. The minimum atomic E-state index is -4.09. The fourth-order valence-electron chi connectivity index (χ4n) is 2.58. The molecule has 0 aliphatic heterocycles. The number of hydrogen-bond acceptors (Lipinski definition) is 4. The van der Waals surface area contributed by atoms with E-state index in [1.165, 1.54) is 6.07 Å². The normalized spacial score (nSPS) is 14.4. The van der Waals surface area contributed by atoms with Gasteiger partial charge in [-0.3, -0.25) is 0 Å². The third-order valence-corrected chi connectivity index (χ3v) is 4.93. The highest BCUT2D eigenvalue weighted by Gasteiger charge is 2.25. The maximum Gasteiger partial charge on any atom is 0.335 e. The average molecular weight is 346 g/mol. The Kier molecular flexibility index (Phi) is 4.29. The maximum atomic E-state index is 12.1. The first-order chi connectivity index (χ1) is 11.4. The molecule has 24 heavy (non-hydrogen) atoms. The quantitative estimate of drug-likeness (QED) is 0.744. The highest BCUT2D eigenvalue weighted by atomic mass is 32.2. The lowest BCUT2D eigenvalue weighted by molar-refractivity contribution is 0.0696. The zero-order chi connectivity index (χ0) is 17.3. The largest absolute Gasteiger partial charge is 0.478 e. The molecule has 0 unspecified atom stereocenters. The minimum absolute atomic E-state index is 0.114. The molecule has 0 saturated heterocycles. The fourth-order valence-corrected chi connectivity index (χ4v) is 3.39. The van der Waals surface area contributed by atoms with Gasteiger partial charge in [-0.1, -0.05) is 30.3 Å². The number of rotatable bonds is 6. The lowest BCUT2D eigenvalue weighted by Gasteiger charge is -2.17. The van der Waals surface area contributed by atoms with Gasteiger partial charge in [0.15, 0.2) is 0 Å². The summed E-state index contributed by atoms with van der Waals surface area (Å²) in [4.78, 5) is 11.2. The number of benzene rings is 2. The molecule has 2 aromatic carbocycles. The number of nitrogens with one attached hydrogen (secondary N) is 1. The van der Waals surface area contributed by atoms with Gasteiger partial charge in [0.2, 0.25) is 10.0 Å². The van der Waals surface area contributed by atoms with Crippen LogP contribution >= 0.6 is 0 Å². The summed E-state index contributed by atoms with van der Waals surface area (Å²) >= 11 is 0. The SMILES string of the molecule is NS(=O)(=O)c1cc(C(=O)O)cc(NCC2CC2)c1-c1ccccc1. The van der Waals surface area contributed by atoms with Crippen molar-refractivity contribution in [3.05, 3.63) is 48.0 Å². The van der Waals surface area contributed by atoms with Crippen molar-refractivity contribution in [2.75, 3.05) is 11.9 Å². The number of aromatic carboxylic acids is 1. The van der Waals surface area contributed by atoms with Gasteiger partial charge < -0.3 is 10.4 Å². The molecule has 1 aliphatic rings. The molecule has 4 N–H and O–H groups in total. The Morgan fingerprint density at radius 2 is 1.88 bits per heavy atom. The van der Waals surface area contributed by atoms with Crippen LogP contribution in [0.25, 0.3) is 11.1 Å². The van der Waals surface area contributed by atoms with Crippen LogP contribution in [0.4, 0.5) is 5.69 Å². The molecule has 0 spiro atoms. The molecule has 0 heterocycles. The molecule has 0 bridgehead atoms. The second-order valence-electron chi connectivity index (χ2n) is 5.94. The molecule has 126 valence electrons. The van der Waals surface area contributed by atoms with Crippen molar-refractivity contribution in [2.45, 2.75) is 17.7 Å². The molecule has 0 atom stereocenters. The Hall–Kier alpha value is -2.38. The van der Waals surface area contributed by atoms with Crippen molar-refractivity contribution in [3.63, 3.8) is 0 Å². The van der Waals surface area contributed by atoms with E-state index in [0.29, 0.717) is 29.3 Å². The lowest BCUT2D eigenvalue weighted by Crippen LogP contribution is -2.16. The zero-order valence-corrected chi connectivity index (χ0v) is 13.7. The third kappa shape index (κ3) is 3.58. The number of hydrogen-bond donors (Lipinski definition) is 3. The van der Waals surface area contributed by atoms with Crippen molar-refractivity contribution < 1.29 is 18.3 Å². The molecule has 1 fully saturated rings. The van der Waals surface area contributed by atoms with Gasteiger partial charge in [-0.15, -0.1) is 0 Å². The molecule has 1 aliphatic carbocycles. The van der Waals surface area contributed by atoms with E-state index in [4.69, 9.17) is 5.14 Å². The molecular formula is C17H18N2O4S. The van der Waals surface area contributed by atoms with Gasteiger partial charge in [-0.2, -0.15) is 0 Å². The monoisotopic (exact) mass is 346 g/mol. The number of anilines is 1. The van der Waals surface area contributed by atoms with Crippen molar-refractivity contribution in [3.8, 4) is 11.1 Å². The zero-order valence-electron chi connectivity index (χ0n) is 12.9. The van der Waals surface area contributed by atoms with Crippen molar-refractivity contribution in [2.24, 2.45) is 11.1 Å². The van der Waals surface area contributed by atoms with Crippen LogP contribution in [0.1, 0.15) is 23.2 Å². The molecule has 0 radical (unpaired) electrons. The van der Waals surface area contributed by atoms with Gasteiger partial charge in [0.25, 0.3) is 0 Å². The summed E-state index contributed by atoms with van der Waals surface area (Å²) in [5, 5.41) is 17.8. The standard InChI is InChI=1S/C17H18N2O4S/c18-24(22,23)15-9-13(17(20)21)8-14(19-10-11-6-7-11)16(15)12-4-2-1-3-5-12/h1-5,8-9,11,19H,6-7,10H2,(H,20,21)(H2,18,22,23). The number of primary sulfonamides is 1. The first-order valence-electron chi connectivity index (χ1n) is 7.59. The molecule has 0 amide bonds. The smallest absolute Gasteiger partial charge is 0.335 e. The number of carbonyl (C=O) groups is 1. The second kappa shape index (κ2) is 6.26. The number of carboxylic acid groups (broad SMARTS) is 1. The van der Waals surface area contributed by atoms with Crippen LogP contribution in [-0.2, 0) is 10.0 Å². The summed E-state index contributed by atoms with van der Waals surface area (Å²) in [6.45, 7) is 0.674. The number of carboxylic acids is 1. The van der Waals surface area contributed by atoms with Crippen LogP contribution in [0.5, 0.6) is 0 Å². The van der Waals surface area contributed by atoms with Crippen molar-refractivity contribution >= 4 is 21.7 Å². The van der Waals surface area contributed by atoms with E-state index < -0.39 is 16.0 Å². The Morgan fingerprint density at radius 3 is 2.42 bits per heavy atom. The van der Waals surface area contributed by atoms with Crippen LogP contribution in [-0.4, -0.2) is 26.0 Å². The Balaban J connectivity index is 2.22. The third-order valence-electron chi connectivity index (χ3n) is 4.00. The Morgan fingerprint density at radius 1 is 1.21 bits per heavy atom. The van der Waals surface area contributed by atoms with Gasteiger partial charge in [0.1, 0.15) is 0 Å². The van der Waals surface area contributed by atoms with Gasteiger partial charge in [-0.25, -0.2) is 18.4 Å². The van der Waals surface area contributed by atoms with E-state index in [1.807, 2.05) is 6.07 Å². The molecule has 7 heteroatoms. The predicted octanol–water partition coefficient (Wildman–Crippen LogP) is 2.52. The van der Waals surface area contributed by atoms with Crippen molar-refractivity contribution in [1.82, 2.24) is 0 Å². The summed E-state index contributed by atoms with van der Waals surface area (Å²) in [7, 11) is -4.09. The van der Waals surface area contributed by atoms with Gasteiger partial charge in [0, 0.05) is 17.8 Å². The number of sulfonamides is 1. The van der Waals surface area contributed by atoms with Crippen LogP contribution in [0.3, 0.4) is 0 Å². The van der Waals surface area contributed by atoms with E-state index in [1.54, 1.807) is 24.3 Å². The summed E-state index contributed by atoms with van der Waals surface area (Å²) in [5.74, 6) is -0.658. The molecule has 2 aromatic rings. The predicted molar refractivity (Wildman–Crippen MR) is 91.4 cm³/mol. The molecule has 0 aromatic heterocycles. The van der Waals surface area contributed by atoms with Crippen LogP contribution < -0.4 is 10.5 Å². The topological polar surface area (TPSA) is 109 Å². The fraction of sp³-hybridized carbons (Fsp3) is 0.235. The van der Waals surface area contributed by atoms with Gasteiger partial charge in [-0.05, 0) is 36.5 Å². The van der Waals surface area contributed by atoms with Gasteiger partial charge in [0.05, 0.1) is 10.5 Å². The summed E-state index contributed by atoms with van der Waals surface area (Å²) in [6.07, 6.45) is 2.24. The Labute approximate surface area is 140 Å². The number of nitrogens with two attached hydrogens (primary N) is 1. The highest BCUT2D eigenvalue weighted by molar-refractivity contribution is 7.89. The van der Waals surface area contributed by atoms with Gasteiger partial charge >= 0.3 is 5.97 Å². The van der Waals surface area contributed by atoms with Crippen LogP contribution in [0.2, 0.25) is 0 Å². The summed E-state index contributed by atoms with van der Waals surface area (Å²) in [5.41, 5.74) is 1.43. The first-order valence-corrected chi connectivity index (χ1v) is 9.14. The van der Waals surface area contributed by atoms with Crippen LogP contribution in [0.15, 0.2) is 47.4 Å². The molecular weight excluding hydrogens is 328 g/mol. The summed E-state index contributed by atoms with van der Waals surface area (Å²) in [6, 6.07) is 11.5.